The highest BCUT2D eigenvalue weighted by atomic mass is 35.5. The van der Waals surface area contributed by atoms with Crippen LogP contribution in [0.3, 0.4) is 0 Å². The second-order valence-electron chi connectivity index (χ2n) is 4.72. The molecule has 2 N–H and O–H groups in total. The van der Waals surface area contributed by atoms with Crippen molar-refractivity contribution in [3.05, 3.63) is 63.9 Å². The fraction of sp³-hybridized carbons (Fsp3) is 0.0667. The number of hydrogen-bond donors (Lipinski definition) is 2. The summed E-state index contributed by atoms with van der Waals surface area (Å²) >= 11 is 11.8. The van der Waals surface area contributed by atoms with Gasteiger partial charge in [0.05, 0.1) is 5.69 Å². The molecule has 1 aromatic heterocycles. The third-order valence-electron chi connectivity index (χ3n) is 3.04. The van der Waals surface area contributed by atoms with Crippen LogP contribution in [0.15, 0.2) is 42.5 Å². The van der Waals surface area contributed by atoms with E-state index >= 15 is 0 Å². The Bertz CT molecular complexity index is 838. The van der Waals surface area contributed by atoms with Crippen molar-refractivity contribution < 1.29 is 9.53 Å². The summed E-state index contributed by atoms with van der Waals surface area (Å²) < 4.78 is 5.61. The number of amides is 1. The van der Waals surface area contributed by atoms with Crippen LogP contribution >= 0.6 is 23.2 Å². The number of aromatic nitrogens is 4. The van der Waals surface area contributed by atoms with Crippen molar-refractivity contribution in [3.63, 3.8) is 0 Å². The number of H-pyrrole nitrogens is 1. The molecule has 1 heterocycles. The molecule has 0 saturated heterocycles. The van der Waals surface area contributed by atoms with Crippen molar-refractivity contribution >= 4 is 34.8 Å². The molecule has 24 heavy (non-hydrogen) atoms. The Hall–Kier alpha value is -2.64. The first-order valence-corrected chi connectivity index (χ1v) is 7.59. The van der Waals surface area contributed by atoms with Crippen molar-refractivity contribution in [1.82, 2.24) is 20.6 Å². The van der Waals surface area contributed by atoms with Crippen molar-refractivity contribution in [2.45, 2.75) is 6.61 Å². The molecule has 3 rings (SSSR count). The van der Waals surface area contributed by atoms with Crippen LogP contribution in [0.1, 0.15) is 16.2 Å². The number of nitrogens with one attached hydrogen (secondary N) is 2. The first-order chi connectivity index (χ1) is 11.6. The molecule has 0 fully saturated rings. The molecule has 0 saturated carbocycles. The predicted molar refractivity (Wildman–Crippen MR) is 89.4 cm³/mol. The number of nitrogens with zero attached hydrogens (tertiary/aromatic N) is 3. The summed E-state index contributed by atoms with van der Waals surface area (Å²) in [5, 5.41) is 17.2. The fourth-order valence-electron chi connectivity index (χ4n) is 1.91. The number of rotatable bonds is 5. The number of hydrogen-bond acceptors (Lipinski definition) is 5. The Labute approximate surface area is 146 Å². The summed E-state index contributed by atoms with van der Waals surface area (Å²) in [4.78, 5) is 12.3. The molecule has 0 radical (unpaired) electrons. The fourth-order valence-corrected chi connectivity index (χ4v) is 2.21. The SMILES string of the molecule is O=C(Nc1cc(Cl)ccc1OCc1nn[nH]n1)c1ccc(Cl)cc1. The Morgan fingerprint density at radius 1 is 1.12 bits per heavy atom. The molecule has 1 amide bonds. The van der Waals surface area contributed by atoms with Gasteiger partial charge in [0.2, 0.25) is 5.82 Å². The van der Waals surface area contributed by atoms with Gasteiger partial charge in [-0.25, -0.2) is 0 Å². The summed E-state index contributed by atoms with van der Waals surface area (Å²) in [6.45, 7) is 0.0992. The van der Waals surface area contributed by atoms with Crippen LogP contribution in [0.4, 0.5) is 5.69 Å². The molecule has 3 aromatic rings. The van der Waals surface area contributed by atoms with Gasteiger partial charge in [-0.15, -0.1) is 10.2 Å². The maximum Gasteiger partial charge on any atom is 0.255 e. The molecular weight excluding hydrogens is 353 g/mol. The van der Waals surface area contributed by atoms with Crippen LogP contribution in [0.2, 0.25) is 10.0 Å². The molecule has 0 bridgehead atoms. The Morgan fingerprint density at radius 2 is 1.88 bits per heavy atom. The zero-order valence-corrected chi connectivity index (χ0v) is 13.7. The smallest absolute Gasteiger partial charge is 0.255 e. The minimum absolute atomic E-state index is 0.0992. The summed E-state index contributed by atoms with van der Waals surface area (Å²) in [5.74, 6) is 0.518. The lowest BCUT2D eigenvalue weighted by Gasteiger charge is -2.12. The first kappa shape index (κ1) is 16.2. The Kier molecular flexibility index (Phi) is 4.93. The topological polar surface area (TPSA) is 92.8 Å². The summed E-state index contributed by atoms with van der Waals surface area (Å²) in [6, 6.07) is 11.4. The highest BCUT2D eigenvalue weighted by Crippen LogP contribution is 2.29. The molecule has 0 unspecified atom stereocenters. The van der Waals surface area contributed by atoms with Gasteiger partial charge < -0.3 is 10.1 Å². The number of aromatic amines is 1. The van der Waals surface area contributed by atoms with Crippen LogP contribution < -0.4 is 10.1 Å². The number of carbonyl (C=O) groups excluding carboxylic acids is 1. The molecule has 7 nitrogen and oxygen atoms in total. The number of tetrazole rings is 1. The predicted octanol–water partition coefficient (Wildman–Crippen LogP) is 3.34. The minimum Gasteiger partial charge on any atom is -0.483 e. The van der Waals surface area contributed by atoms with Gasteiger partial charge >= 0.3 is 0 Å². The van der Waals surface area contributed by atoms with E-state index in [0.717, 1.165) is 0 Å². The van der Waals surface area contributed by atoms with Gasteiger partial charge in [-0.3, -0.25) is 4.79 Å². The molecule has 0 aliphatic rings. The van der Waals surface area contributed by atoms with Gasteiger partial charge in [0.25, 0.3) is 5.91 Å². The van der Waals surface area contributed by atoms with E-state index in [2.05, 4.69) is 25.9 Å². The molecule has 0 spiro atoms. The van der Waals surface area contributed by atoms with Gasteiger partial charge in [-0.05, 0) is 42.5 Å². The monoisotopic (exact) mass is 363 g/mol. The minimum atomic E-state index is -0.307. The van der Waals surface area contributed by atoms with Gasteiger partial charge in [-0.1, -0.05) is 28.4 Å². The lowest BCUT2D eigenvalue weighted by atomic mass is 10.2. The summed E-state index contributed by atoms with van der Waals surface area (Å²) in [5.41, 5.74) is 0.898. The normalized spacial score (nSPS) is 10.4. The lowest BCUT2D eigenvalue weighted by molar-refractivity contribution is 0.102. The van der Waals surface area contributed by atoms with E-state index in [1.807, 2.05) is 0 Å². The quantitative estimate of drug-likeness (QED) is 0.724. The van der Waals surface area contributed by atoms with E-state index in [9.17, 15) is 4.79 Å². The third-order valence-corrected chi connectivity index (χ3v) is 3.53. The number of carbonyl (C=O) groups is 1. The summed E-state index contributed by atoms with van der Waals surface area (Å²) in [6.07, 6.45) is 0. The highest BCUT2D eigenvalue weighted by molar-refractivity contribution is 6.31. The standard InChI is InChI=1S/C15H11Cl2N5O2/c16-10-3-1-9(2-4-10)15(23)18-12-7-11(17)5-6-13(12)24-8-14-19-21-22-20-14/h1-7H,8H2,(H,18,23)(H,19,20,21,22). The van der Waals surface area contributed by atoms with E-state index < -0.39 is 0 Å². The van der Waals surface area contributed by atoms with Crippen LogP contribution in [-0.4, -0.2) is 26.5 Å². The van der Waals surface area contributed by atoms with Crippen molar-refractivity contribution in [1.29, 1.82) is 0 Å². The van der Waals surface area contributed by atoms with Crippen molar-refractivity contribution in [3.8, 4) is 5.75 Å². The molecule has 0 aliphatic carbocycles. The molecule has 2 aromatic carbocycles. The zero-order valence-electron chi connectivity index (χ0n) is 12.2. The first-order valence-electron chi connectivity index (χ1n) is 6.83. The van der Waals surface area contributed by atoms with Gasteiger partial charge in [0.1, 0.15) is 5.75 Å². The Morgan fingerprint density at radius 3 is 2.58 bits per heavy atom. The molecule has 122 valence electrons. The number of halogens is 2. The molecule has 0 aliphatic heterocycles. The average molecular weight is 364 g/mol. The maximum atomic E-state index is 12.3. The van der Waals surface area contributed by atoms with Crippen LogP contribution in [0, 0.1) is 0 Å². The number of benzene rings is 2. The van der Waals surface area contributed by atoms with E-state index in [-0.39, 0.29) is 12.5 Å². The second-order valence-corrected chi connectivity index (χ2v) is 5.59. The maximum absolute atomic E-state index is 12.3. The lowest BCUT2D eigenvalue weighted by Crippen LogP contribution is -2.13. The van der Waals surface area contributed by atoms with E-state index in [4.69, 9.17) is 27.9 Å². The molecule has 9 heteroatoms. The molecular formula is C15H11Cl2N5O2. The highest BCUT2D eigenvalue weighted by Gasteiger charge is 2.12. The van der Waals surface area contributed by atoms with E-state index in [1.165, 1.54) is 0 Å². The Balaban J connectivity index is 1.77. The zero-order chi connectivity index (χ0) is 16.9. The van der Waals surface area contributed by atoms with Crippen LogP contribution in [0.5, 0.6) is 5.75 Å². The van der Waals surface area contributed by atoms with Gasteiger partial charge in [0, 0.05) is 15.6 Å². The van der Waals surface area contributed by atoms with Crippen LogP contribution in [0.25, 0.3) is 0 Å². The summed E-state index contributed by atoms with van der Waals surface area (Å²) in [7, 11) is 0. The number of ether oxygens (including phenoxy) is 1. The van der Waals surface area contributed by atoms with Crippen LogP contribution in [-0.2, 0) is 6.61 Å². The largest absolute Gasteiger partial charge is 0.483 e. The average Bonchev–Trinajstić information content (AvgIpc) is 3.08. The third kappa shape index (κ3) is 4.01. The second kappa shape index (κ2) is 7.29. The number of anilines is 1. The van der Waals surface area contributed by atoms with Gasteiger partial charge in [-0.2, -0.15) is 5.21 Å². The van der Waals surface area contributed by atoms with Crippen molar-refractivity contribution in [2.24, 2.45) is 0 Å². The van der Waals surface area contributed by atoms with E-state index in [1.54, 1.807) is 42.5 Å². The van der Waals surface area contributed by atoms with Gasteiger partial charge in [0.15, 0.2) is 6.61 Å². The molecule has 0 atom stereocenters. The van der Waals surface area contributed by atoms with Crippen molar-refractivity contribution in [2.75, 3.05) is 5.32 Å². The van der Waals surface area contributed by atoms with E-state index in [0.29, 0.717) is 32.9 Å².